The van der Waals surface area contributed by atoms with Gasteiger partial charge >= 0.3 is 5.97 Å². The molecule has 7 nitrogen and oxygen atoms in total. The number of carbonyl (C=O) groups excluding carboxylic acids is 1. The summed E-state index contributed by atoms with van der Waals surface area (Å²) in [5, 5.41) is 22.1. The third kappa shape index (κ3) is 7.29. The molecule has 2 fully saturated rings. The summed E-state index contributed by atoms with van der Waals surface area (Å²) in [5.41, 5.74) is 2.44. The van der Waals surface area contributed by atoms with Crippen molar-refractivity contribution >= 4 is 5.97 Å². The van der Waals surface area contributed by atoms with E-state index in [2.05, 4.69) is 24.9 Å². The van der Waals surface area contributed by atoms with Crippen LogP contribution in [0.15, 0.2) is 18.2 Å². The Hall–Kier alpha value is -1.67. The van der Waals surface area contributed by atoms with Gasteiger partial charge in [-0.1, -0.05) is 44.7 Å². The molecular formula is C31H49NO6. The summed E-state index contributed by atoms with van der Waals surface area (Å²) in [6.45, 7) is 3.14. The van der Waals surface area contributed by atoms with Gasteiger partial charge in [0, 0.05) is 0 Å². The number of esters is 1. The largest absolute Gasteiger partial charge is 0.482 e. The molecule has 1 heterocycles. The highest BCUT2D eigenvalue weighted by molar-refractivity contribution is 5.71. The SMILES string of the molecule is CCCCC[C@H](CC[C@@H]1[C@H]2Cc3cccc(OCC(=O)OC)c3C[C@H]2C[C@H]1O)OC(O)C1CCCCN1C. The van der Waals surface area contributed by atoms with Gasteiger partial charge in [0.05, 0.1) is 25.4 Å². The predicted molar refractivity (Wildman–Crippen MR) is 147 cm³/mol. The van der Waals surface area contributed by atoms with E-state index < -0.39 is 6.29 Å². The maximum Gasteiger partial charge on any atom is 0.343 e. The monoisotopic (exact) mass is 531 g/mol. The molecule has 214 valence electrons. The normalized spacial score (nSPS) is 28.8. The van der Waals surface area contributed by atoms with Crippen molar-refractivity contribution in [3.8, 4) is 5.75 Å². The van der Waals surface area contributed by atoms with Crippen molar-refractivity contribution in [3.63, 3.8) is 0 Å². The van der Waals surface area contributed by atoms with Gasteiger partial charge in [0.1, 0.15) is 5.75 Å². The summed E-state index contributed by atoms with van der Waals surface area (Å²) in [7, 11) is 3.45. The van der Waals surface area contributed by atoms with Gasteiger partial charge in [-0.2, -0.15) is 0 Å². The minimum absolute atomic E-state index is 0.0207. The summed E-state index contributed by atoms with van der Waals surface area (Å²) < 4.78 is 16.9. The number of carbonyl (C=O) groups is 1. The molecule has 7 atom stereocenters. The molecule has 0 spiro atoms. The van der Waals surface area contributed by atoms with Gasteiger partial charge in [-0.05, 0) is 99.9 Å². The molecule has 1 aromatic carbocycles. The molecule has 2 unspecified atom stereocenters. The van der Waals surface area contributed by atoms with E-state index in [4.69, 9.17) is 14.2 Å². The molecule has 38 heavy (non-hydrogen) atoms. The van der Waals surface area contributed by atoms with Gasteiger partial charge in [0.15, 0.2) is 12.9 Å². The lowest BCUT2D eigenvalue weighted by atomic mass is 9.73. The smallest absolute Gasteiger partial charge is 0.343 e. The fraction of sp³-hybridized carbons (Fsp3) is 0.774. The first-order valence-electron chi connectivity index (χ1n) is 14.9. The summed E-state index contributed by atoms with van der Waals surface area (Å²) >= 11 is 0. The number of fused-ring (bicyclic) bond motifs is 2. The molecule has 0 radical (unpaired) electrons. The minimum Gasteiger partial charge on any atom is -0.482 e. The zero-order chi connectivity index (χ0) is 27.1. The molecule has 7 heteroatoms. The third-order valence-electron chi connectivity index (χ3n) is 9.36. The number of aliphatic hydroxyl groups is 2. The van der Waals surface area contributed by atoms with Crippen LogP contribution in [0.5, 0.6) is 5.75 Å². The van der Waals surface area contributed by atoms with Crippen LogP contribution in [-0.4, -0.2) is 72.9 Å². The van der Waals surface area contributed by atoms with Crippen molar-refractivity contribution < 1.29 is 29.2 Å². The van der Waals surface area contributed by atoms with Crippen LogP contribution >= 0.6 is 0 Å². The van der Waals surface area contributed by atoms with Gasteiger partial charge in [0.25, 0.3) is 0 Å². The van der Waals surface area contributed by atoms with Crippen molar-refractivity contribution in [1.82, 2.24) is 4.90 Å². The van der Waals surface area contributed by atoms with Crippen molar-refractivity contribution in [2.75, 3.05) is 27.3 Å². The molecule has 0 amide bonds. The number of piperidine rings is 1. The number of aliphatic hydroxyl groups excluding tert-OH is 2. The number of likely N-dealkylation sites (tertiary alicyclic amines) is 1. The Morgan fingerprint density at radius 3 is 2.79 bits per heavy atom. The molecule has 0 bridgehead atoms. The van der Waals surface area contributed by atoms with Gasteiger partial charge in [-0.3, -0.25) is 4.90 Å². The number of benzene rings is 1. The average molecular weight is 532 g/mol. The van der Waals surface area contributed by atoms with Crippen LogP contribution in [0.2, 0.25) is 0 Å². The van der Waals surface area contributed by atoms with Gasteiger partial charge < -0.3 is 24.4 Å². The van der Waals surface area contributed by atoms with E-state index in [0.29, 0.717) is 11.8 Å². The zero-order valence-electron chi connectivity index (χ0n) is 23.6. The lowest BCUT2D eigenvalue weighted by Crippen LogP contribution is -2.46. The van der Waals surface area contributed by atoms with Crippen LogP contribution in [0.1, 0.15) is 82.3 Å². The van der Waals surface area contributed by atoms with E-state index in [1.54, 1.807) is 0 Å². The first-order chi connectivity index (χ1) is 18.4. The Morgan fingerprint density at radius 1 is 1.18 bits per heavy atom. The Kier molecular flexibility index (Phi) is 10.9. The van der Waals surface area contributed by atoms with E-state index in [1.165, 1.54) is 31.1 Å². The lowest BCUT2D eigenvalue weighted by molar-refractivity contribution is -0.179. The second-order valence-corrected chi connectivity index (χ2v) is 11.8. The molecule has 2 N–H and O–H groups in total. The quantitative estimate of drug-likeness (QED) is 0.220. The number of likely N-dealkylation sites (N-methyl/N-ethyl adjacent to an activating group) is 1. The minimum atomic E-state index is -0.752. The summed E-state index contributed by atoms with van der Waals surface area (Å²) in [6.07, 6.45) is 11.1. The molecule has 2 aliphatic carbocycles. The third-order valence-corrected chi connectivity index (χ3v) is 9.36. The first kappa shape index (κ1) is 29.3. The highest BCUT2D eigenvalue weighted by Crippen LogP contribution is 2.48. The van der Waals surface area contributed by atoms with Crippen molar-refractivity contribution in [2.24, 2.45) is 17.8 Å². The molecule has 3 aliphatic rings. The second-order valence-electron chi connectivity index (χ2n) is 11.8. The number of hydrogen-bond acceptors (Lipinski definition) is 7. The molecule has 1 saturated heterocycles. The van der Waals surface area contributed by atoms with Gasteiger partial charge in [-0.15, -0.1) is 0 Å². The molecular weight excluding hydrogens is 482 g/mol. The van der Waals surface area contributed by atoms with E-state index >= 15 is 0 Å². The van der Waals surface area contributed by atoms with Crippen LogP contribution in [-0.2, 0) is 27.1 Å². The Morgan fingerprint density at radius 2 is 2.03 bits per heavy atom. The average Bonchev–Trinajstić information content (AvgIpc) is 3.22. The number of methoxy groups -OCH3 is 1. The first-order valence-corrected chi connectivity index (χ1v) is 14.9. The number of ether oxygens (including phenoxy) is 3. The van der Waals surface area contributed by atoms with Crippen molar-refractivity contribution in [1.29, 1.82) is 0 Å². The number of nitrogens with zero attached hydrogens (tertiary/aromatic N) is 1. The zero-order valence-corrected chi connectivity index (χ0v) is 23.6. The standard InChI is InChI=1S/C31H49NO6/c1-4-5-6-11-23(38-31(35)27-12-7-8-16-32(27)2)14-15-24-25-17-21-10-9-13-29(37-20-30(34)36-3)26(21)18-22(25)19-28(24)33/h9-10,13,22-25,27-28,31,33,35H,4-8,11-12,14-20H2,1-3H3/t22-,23+,24+,25-,27?,28+,31?/m0/s1. The van der Waals surface area contributed by atoms with Crippen LogP contribution in [0, 0.1) is 17.8 Å². The van der Waals surface area contributed by atoms with Crippen LogP contribution in [0.25, 0.3) is 0 Å². The lowest BCUT2D eigenvalue weighted by Gasteiger charge is -2.37. The number of rotatable bonds is 13. The van der Waals surface area contributed by atoms with E-state index in [1.807, 2.05) is 12.1 Å². The van der Waals surface area contributed by atoms with Gasteiger partial charge in [0.2, 0.25) is 0 Å². The highest BCUT2D eigenvalue weighted by Gasteiger charge is 2.45. The molecule has 1 aliphatic heterocycles. The predicted octanol–water partition coefficient (Wildman–Crippen LogP) is 4.50. The Labute approximate surface area is 228 Å². The maximum absolute atomic E-state index is 11.6. The second kappa shape index (κ2) is 14.1. The van der Waals surface area contributed by atoms with Crippen LogP contribution in [0.4, 0.5) is 0 Å². The van der Waals surface area contributed by atoms with Gasteiger partial charge in [-0.25, -0.2) is 4.79 Å². The molecule has 1 saturated carbocycles. The summed E-state index contributed by atoms with van der Waals surface area (Å²) in [6, 6.07) is 6.15. The molecule has 1 aromatic rings. The topological polar surface area (TPSA) is 88.5 Å². The number of hydrogen-bond donors (Lipinski definition) is 2. The fourth-order valence-electron chi connectivity index (χ4n) is 7.16. The van der Waals surface area contributed by atoms with Crippen LogP contribution in [0.3, 0.4) is 0 Å². The maximum atomic E-state index is 11.6. The van der Waals surface area contributed by atoms with E-state index in [-0.39, 0.29) is 36.7 Å². The van der Waals surface area contributed by atoms with Crippen LogP contribution < -0.4 is 4.74 Å². The van der Waals surface area contributed by atoms with E-state index in [9.17, 15) is 15.0 Å². The fourth-order valence-corrected chi connectivity index (χ4v) is 7.16. The Balaban J connectivity index is 1.38. The molecule has 0 aromatic heterocycles. The van der Waals surface area contributed by atoms with Crippen molar-refractivity contribution in [2.45, 2.75) is 109 Å². The number of unbranched alkanes of at least 4 members (excludes halogenated alkanes) is 2. The highest BCUT2D eigenvalue weighted by atomic mass is 16.6. The summed E-state index contributed by atoms with van der Waals surface area (Å²) in [4.78, 5) is 13.8. The van der Waals surface area contributed by atoms with Crippen molar-refractivity contribution in [3.05, 3.63) is 29.3 Å². The molecule has 4 rings (SSSR count). The summed E-state index contributed by atoms with van der Waals surface area (Å²) in [5.74, 6) is 1.45. The Bertz CT molecular complexity index is 893. The van der Waals surface area contributed by atoms with E-state index in [0.717, 1.165) is 76.5 Å².